The fraction of sp³-hybridized carbons (Fsp3) is 0.227. The third-order valence-electron chi connectivity index (χ3n) is 5.14. The van der Waals surface area contributed by atoms with Crippen molar-refractivity contribution in [3.05, 3.63) is 58.9 Å². The van der Waals surface area contributed by atoms with E-state index in [0.717, 1.165) is 35.7 Å². The van der Waals surface area contributed by atoms with Crippen LogP contribution in [0.3, 0.4) is 0 Å². The summed E-state index contributed by atoms with van der Waals surface area (Å²) in [6.07, 6.45) is 0. The number of aromatic nitrogens is 1. The SMILES string of the molecule is CNc1ccc2c(c1)Sc1cccc(-c3cc(N4CCOCC4)cc(=O)[nH]3)c1S2. The minimum Gasteiger partial charge on any atom is -0.388 e. The van der Waals surface area contributed by atoms with Crippen LogP contribution >= 0.6 is 23.5 Å². The third kappa shape index (κ3) is 3.66. The second kappa shape index (κ2) is 7.82. The Balaban J connectivity index is 1.55. The zero-order valence-electron chi connectivity index (χ0n) is 16.0. The summed E-state index contributed by atoms with van der Waals surface area (Å²) in [7, 11) is 1.94. The molecule has 1 aromatic heterocycles. The van der Waals surface area contributed by atoms with Gasteiger partial charge in [0.25, 0.3) is 0 Å². The molecule has 1 fully saturated rings. The molecule has 5 rings (SSSR count). The van der Waals surface area contributed by atoms with Gasteiger partial charge in [0.15, 0.2) is 0 Å². The molecule has 3 aromatic rings. The lowest BCUT2D eigenvalue weighted by atomic mass is 10.1. The number of aromatic amines is 1. The predicted molar refractivity (Wildman–Crippen MR) is 120 cm³/mol. The molecule has 1 saturated heterocycles. The number of fused-ring (bicyclic) bond motifs is 2. The number of nitrogens with zero attached hydrogens (tertiary/aromatic N) is 1. The van der Waals surface area contributed by atoms with E-state index in [4.69, 9.17) is 4.74 Å². The molecule has 5 nitrogen and oxygen atoms in total. The summed E-state index contributed by atoms with van der Waals surface area (Å²) < 4.78 is 5.45. The summed E-state index contributed by atoms with van der Waals surface area (Å²) in [6, 6.07) is 16.5. The number of rotatable bonds is 3. The van der Waals surface area contributed by atoms with Crippen LogP contribution in [0.25, 0.3) is 11.3 Å². The van der Waals surface area contributed by atoms with Crippen LogP contribution in [0.1, 0.15) is 0 Å². The van der Waals surface area contributed by atoms with Crippen LogP contribution in [0.2, 0.25) is 0 Å². The van der Waals surface area contributed by atoms with Crippen LogP contribution in [0, 0.1) is 0 Å². The van der Waals surface area contributed by atoms with Crippen LogP contribution in [-0.2, 0) is 4.74 Å². The van der Waals surface area contributed by atoms with E-state index in [-0.39, 0.29) is 5.56 Å². The summed E-state index contributed by atoms with van der Waals surface area (Å²) in [5.41, 5.74) is 3.92. The van der Waals surface area contributed by atoms with Crippen LogP contribution in [0.15, 0.2) is 72.9 Å². The van der Waals surface area contributed by atoms with Crippen molar-refractivity contribution < 1.29 is 4.74 Å². The highest BCUT2D eigenvalue weighted by Gasteiger charge is 2.22. The van der Waals surface area contributed by atoms with E-state index in [1.165, 1.54) is 19.6 Å². The molecule has 29 heavy (non-hydrogen) atoms. The van der Waals surface area contributed by atoms with E-state index in [1.54, 1.807) is 29.6 Å². The van der Waals surface area contributed by atoms with Crippen molar-refractivity contribution >= 4 is 34.9 Å². The molecule has 2 aliphatic rings. The Labute approximate surface area is 177 Å². The molecule has 0 saturated carbocycles. The van der Waals surface area contributed by atoms with Gasteiger partial charge < -0.3 is 19.9 Å². The van der Waals surface area contributed by atoms with Gasteiger partial charge in [-0.25, -0.2) is 0 Å². The highest BCUT2D eigenvalue weighted by Crippen LogP contribution is 2.52. The number of anilines is 2. The van der Waals surface area contributed by atoms with Gasteiger partial charge in [0.2, 0.25) is 5.56 Å². The monoisotopic (exact) mass is 423 g/mol. The molecule has 2 aromatic carbocycles. The van der Waals surface area contributed by atoms with Gasteiger partial charge in [-0.15, -0.1) is 0 Å². The standard InChI is InChI=1S/C22H21N3O2S2/c1-23-14-5-6-18-20(11-14)28-19-4-2-3-16(22(19)29-18)17-12-15(13-21(26)24-17)25-7-9-27-10-8-25/h2-6,11-13,23H,7-10H2,1H3,(H,24,26). The van der Waals surface area contributed by atoms with Crippen molar-refractivity contribution in [2.24, 2.45) is 0 Å². The number of H-pyrrole nitrogens is 1. The molecular formula is C22H21N3O2S2. The average molecular weight is 424 g/mol. The van der Waals surface area contributed by atoms with Crippen molar-refractivity contribution in [3.8, 4) is 11.3 Å². The van der Waals surface area contributed by atoms with Crippen molar-refractivity contribution in [2.45, 2.75) is 19.6 Å². The molecule has 0 aliphatic carbocycles. The fourth-order valence-electron chi connectivity index (χ4n) is 3.65. The van der Waals surface area contributed by atoms with Gasteiger partial charge in [-0.2, -0.15) is 0 Å². The number of pyridine rings is 1. The molecule has 2 N–H and O–H groups in total. The Bertz CT molecular complexity index is 1120. The topological polar surface area (TPSA) is 57.4 Å². The Morgan fingerprint density at radius 1 is 1.00 bits per heavy atom. The highest BCUT2D eigenvalue weighted by molar-refractivity contribution is 8.05. The summed E-state index contributed by atoms with van der Waals surface area (Å²) in [4.78, 5) is 22.6. The van der Waals surface area contributed by atoms with Crippen molar-refractivity contribution in [2.75, 3.05) is 43.6 Å². The summed E-state index contributed by atoms with van der Waals surface area (Å²) in [5, 5.41) is 3.21. The van der Waals surface area contributed by atoms with Crippen molar-refractivity contribution in [1.29, 1.82) is 0 Å². The third-order valence-corrected chi connectivity index (χ3v) is 7.73. The zero-order valence-corrected chi connectivity index (χ0v) is 17.7. The molecule has 0 amide bonds. The number of ether oxygens (including phenoxy) is 1. The van der Waals surface area contributed by atoms with Gasteiger partial charge in [0.1, 0.15) is 0 Å². The van der Waals surface area contributed by atoms with Gasteiger partial charge in [0.05, 0.1) is 18.9 Å². The molecule has 7 heteroatoms. The Morgan fingerprint density at radius 3 is 2.69 bits per heavy atom. The van der Waals surface area contributed by atoms with E-state index in [9.17, 15) is 4.79 Å². The first-order valence-electron chi connectivity index (χ1n) is 9.59. The highest BCUT2D eigenvalue weighted by atomic mass is 32.2. The quantitative estimate of drug-likeness (QED) is 0.505. The van der Waals surface area contributed by atoms with E-state index in [2.05, 4.69) is 57.7 Å². The molecule has 148 valence electrons. The first-order chi connectivity index (χ1) is 14.2. The minimum atomic E-state index is -0.0749. The maximum absolute atomic E-state index is 12.4. The smallest absolute Gasteiger partial charge is 0.250 e. The van der Waals surface area contributed by atoms with Crippen molar-refractivity contribution in [1.82, 2.24) is 4.98 Å². The molecule has 0 unspecified atom stereocenters. The largest absolute Gasteiger partial charge is 0.388 e. The van der Waals surface area contributed by atoms with Gasteiger partial charge in [-0.1, -0.05) is 35.7 Å². The van der Waals surface area contributed by atoms with E-state index in [0.29, 0.717) is 13.2 Å². The van der Waals surface area contributed by atoms with Gasteiger partial charge in [-0.05, 0) is 30.3 Å². The van der Waals surface area contributed by atoms with Crippen LogP contribution in [0.4, 0.5) is 11.4 Å². The lowest BCUT2D eigenvalue weighted by Crippen LogP contribution is -2.36. The predicted octanol–water partition coefficient (Wildman–Crippen LogP) is 4.54. The Hall–Kier alpha value is -2.35. The zero-order chi connectivity index (χ0) is 19.8. The van der Waals surface area contributed by atoms with E-state index < -0.39 is 0 Å². The molecular weight excluding hydrogens is 402 g/mol. The lowest BCUT2D eigenvalue weighted by molar-refractivity contribution is 0.122. The molecule has 2 aliphatic heterocycles. The van der Waals surface area contributed by atoms with Crippen LogP contribution in [0.5, 0.6) is 0 Å². The number of benzene rings is 2. The van der Waals surface area contributed by atoms with Crippen LogP contribution < -0.4 is 15.8 Å². The second-order valence-electron chi connectivity index (χ2n) is 6.96. The molecule has 0 radical (unpaired) electrons. The average Bonchev–Trinajstić information content (AvgIpc) is 2.77. The summed E-state index contributed by atoms with van der Waals surface area (Å²) in [5.74, 6) is 0. The molecule has 0 spiro atoms. The summed E-state index contributed by atoms with van der Waals surface area (Å²) in [6.45, 7) is 3.00. The second-order valence-corrected chi connectivity index (χ2v) is 9.10. The van der Waals surface area contributed by atoms with Gasteiger partial charge in [0, 0.05) is 62.7 Å². The fourth-order valence-corrected chi connectivity index (χ4v) is 6.06. The van der Waals surface area contributed by atoms with E-state index >= 15 is 0 Å². The maximum atomic E-state index is 12.4. The lowest BCUT2D eigenvalue weighted by Gasteiger charge is -2.29. The molecule has 3 heterocycles. The maximum Gasteiger partial charge on any atom is 0.250 e. The number of hydrogen-bond donors (Lipinski definition) is 2. The Morgan fingerprint density at radius 2 is 1.86 bits per heavy atom. The number of nitrogens with one attached hydrogen (secondary N) is 2. The minimum absolute atomic E-state index is 0.0749. The number of hydrogen-bond acceptors (Lipinski definition) is 6. The first-order valence-corrected chi connectivity index (χ1v) is 11.2. The summed E-state index contributed by atoms with van der Waals surface area (Å²) >= 11 is 3.54. The molecule has 0 bridgehead atoms. The van der Waals surface area contributed by atoms with E-state index in [1.807, 2.05) is 7.05 Å². The normalized spacial score (nSPS) is 15.6. The van der Waals surface area contributed by atoms with Gasteiger partial charge >= 0.3 is 0 Å². The van der Waals surface area contributed by atoms with Gasteiger partial charge in [-0.3, -0.25) is 4.79 Å². The van der Waals surface area contributed by atoms with Crippen molar-refractivity contribution in [3.63, 3.8) is 0 Å². The molecule has 0 atom stereocenters. The number of morpholine rings is 1. The Kier molecular flexibility index (Phi) is 5.03. The van der Waals surface area contributed by atoms with Crippen LogP contribution in [-0.4, -0.2) is 38.3 Å². The first kappa shape index (κ1) is 18.7.